The van der Waals surface area contributed by atoms with Crippen molar-refractivity contribution in [1.82, 2.24) is 20.1 Å². The van der Waals surface area contributed by atoms with Crippen LogP contribution < -0.4 is 0 Å². The van der Waals surface area contributed by atoms with Gasteiger partial charge in [0.2, 0.25) is 11.8 Å². The summed E-state index contributed by atoms with van der Waals surface area (Å²) in [5.74, 6) is 0.795. The number of thioether (sulfide) groups is 1. The Bertz CT molecular complexity index is 883. The van der Waals surface area contributed by atoms with E-state index < -0.39 is 9.84 Å². The maximum absolute atomic E-state index is 12.7. The fraction of sp³-hybridized carbons (Fsp3) is 0.529. The Balaban J connectivity index is 1.63. The van der Waals surface area contributed by atoms with Crippen molar-refractivity contribution in [2.45, 2.75) is 31.5 Å². The topological polar surface area (TPSA) is 106 Å². The number of hydrogen-bond donors (Lipinski definition) is 0. The third kappa shape index (κ3) is 5.29. The molecular weight excluding hydrogens is 388 g/mol. The lowest BCUT2D eigenvalue weighted by Crippen LogP contribution is -2.44. The number of sulfone groups is 1. The lowest BCUT2D eigenvalue weighted by molar-refractivity contribution is -0.130. The summed E-state index contributed by atoms with van der Waals surface area (Å²) in [6.45, 7) is 4.55. The Labute approximate surface area is 162 Å². The predicted octanol–water partition coefficient (Wildman–Crippen LogP) is 1.90. The Kier molecular flexibility index (Phi) is 6.15. The van der Waals surface area contributed by atoms with E-state index in [4.69, 9.17) is 4.42 Å². The molecule has 0 spiro atoms. The van der Waals surface area contributed by atoms with E-state index in [1.54, 1.807) is 23.4 Å². The summed E-state index contributed by atoms with van der Waals surface area (Å²) >= 11 is 1.16. The third-order valence-electron chi connectivity index (χ3n) is 4.17. The van der Waals surface area contributed by atoms with E-state index in [1.807, 2.05) is 19.9 Å². The first-order chi connectivity index (χ1) is 12.8. The average Bonchev–Trinajstić information content (AvgIpc) is 3.24. The molecule has 1 aliphatic heterocycles. The van der Waals surface area contributed by atoms with Gasteiger partial charge in [0.1, 0.15) is 0 Å². The van der Waals surface area contributed by atoms with Gasteiger partial charge in [0, 0.05) is 25.0 Å². The van der Waals surface area contributed by atoms with Gasteiger partial charge >= 0.3 is 0 Å². The molecule has 0 N–H and O–H groups in total. The minimum Gasteiger partial charge on any atom is -0.411 e. The molecule has 1 atom stereocenters. The number of hydrogen-bond acceptors (Lipinski definition) is 8. The third-order valence-corrected chi connectivity index (χ3v) is 6.72. The van der Waals surface area contributed by atoms with Crippen LogP contribution in [0.4, 0.5) is 0 Å². The van der Waals surface area contributed by atoms with Gasteiger partial charge < -0.3 is 9.32 Å². The second kappa shape index (κ2) is 8.39. The van der Waals surface area contributed by atoms with Crippen molar-refractivity contribution in [2.24, 2.45) is 5.92 Å². The minimum atomic E-state index is -3.05. The monoisotopic (exact) mass is 410 g/mol. The van der Waals surface area contributed by atoms with Gasteiger partial charge in [-0.15, -0.1) is 10.2 Å². The molecule has 1 aliphatic rings. The number of amides is 1. The normalized spacial score (nSPS) is 18.7. The molecule has 1 amide bonds. The first-order valence-electron chi connectivity index (χ1n) is 8.70. The second-order valence-electron chi connectivity index (χ2n) is 6.90. The van der Waals surface area contributed by atoms with Crippen molar-refractivity contribution in [3.63, 3.8) is 0 Å². The van der Waals surface area contributed by atoms with Crippen molar-refractivity contribution in [3.8, 4) is 11.5 Å². The average molecular weight is 411 g/mol. The van der Waals surface area contributed by atoms with E-state index >= 15 is 0 Å². The fourth-order valence-corrected chi connectivity index (χ4v) is 5.33. The van der Waals surface area contributed by atoms with Gasteiger partial charge in [-0.1, -0.05) is 25.6 Å². The van der Waals surface area contributed by atoms with Crippen molar-refractivity contribution >= 4 is 27.5 Å². The molecule has 0 unspecified atom stereocenters. The second-order valence-corrected chi connectivity index (χ2v) is 10.1. The zero-order valence-corrected chi connectivity index (χ0v) is 16.9. The minimum absolute atomic E-state index is 0.0435. The first-order valence-corrected chi connectivity index (χ1v) is 11.5. The van der Waals surface area contributed by atoms with E-state index in [-0.39, 0.29) is 35.1 Å². The van der Waals surface area contributed by atoms with Crippen molar-refractivity contribution < 1.29 is 17.6 Å². The quantitative estimate of drug-likeness (QED) is 0.637. The molecule has 8 nitrogen and oxygen atoms in total. The van der Waals surface area contributed by atoms with Crippen molar-refractivity contribution in [1.29, 1.82) is 0 Å². The van der Waals surface area contributed by atoms with E-state index in [0.717, 1.165) is 11.8 Å². The Morgan fingerprint density at radius 1 is 1.41 bits per heavy atom. The maximum atomic E-state index is 12.7. The molecule has 0 aromatic carbocycles. The number of rotatable bonds is 7. The van der Waals surface area contributed by atoms with E-state index in [2.05, 4.69) is 15.2 Å². The van der Waals surface area contributed by atoms with E-state index in [9.17, 15) is 13.2 Å². The molecule has 3 rings (SSSR count). The fourth-order valence-electron chi connectivity index (χ4n) is 2.95. The van der Waals surface area contributed by atoms with Crippen LogP contribution in [0.5, 0.6) is 0 Å². The lowest BCUT2D eigenvalue weighted by Gasteiger charge is -2.29. The molecule has 2 aromatic heterocycles. The van der Waals surface area contributed by atoms with Gasteiger partial charge in [0.15, 0.2) is 9.84 Å². The molecule has 0 saturated carbocycles. The van der Waals surface area contributed by atoms with Crippen LogP contribution in [0.2, 0.25) is 0 Å². The molecule has 3 heterocycles. The summed E-state index contributed by atoms with van der Waals surface area (Å²) < 4.78 is 29.2. The number of pyridine rings is 1. The smallest absolute Gasteiger partial charge is 0.277 e. The number of aromatic nitrogens is 3. The highest BCUT2D eigenvalue weighted by Crippen LogP contribution is 2.24. The number of nitrogens with zero attached hydrogens (tertiary/aromatic N) is 4. The van der Waals surface area contributed by atoms with Gasteiger partial charge in [0.25, 0.3) is 5.22 Å². The Hall–Kier alpha value is -1.94. The summed E-state index contributed by atoms with van der Waals surface area (Å²) in [7, 11) is -3.05. The zero-order valence-electron chi connectivity index (χ0n) is 15.2. The van der Waals surface area contributed by atoms with E-state index in [1.165, 1.54) is 0 Å². The Morgan fingerprint density at radius 3 is 2.85 bits per heavy atom. The highest BCUT2D eigenvalue weighted by molar-refractivity contribution is 7.99. The molecule has 2 aromatic rings. The molecule has 27 heavy (non-hydrogen) atoms. The van der Waals surface area contributed by atoms with Crippen LogP contribution in [0, 0.1) is 5.92 Å². The van der Waals surface area contributed by atoms with Crippen LogP contribution in [0.1, 0.15) is 20.3 Å². The van der Waals surface area contributed by atoms with Gasteiger partial charge in [0.05, 0.1) is 22.8 Å². The highest BCUT2D eigenvalue weighted by atomic mass is 32.2. The molecule has 0 bridgehead atoms. The number of carbonyl (C=O) groups is 1. The van der Waals surface area contributed by atoms with Gasteiger partial charge in [-0.05, 0) is 24.5 Å². The summed E-state index contributed by atoms with van der Waals surface area (Å²) in [4.78, 5) is 18.4. The SMILES string of the molecule is CC(C)CN(C(=O)CSc1nnc(-c2cccnc2)o1)[C@H]1CCS(=O)(=O)C1. The van der Waals surface area contributed by atoms with Crippen molar-refractivity contribution in [2.75, 3.05) is 23.8 Å². The van der Waals surface area contributed by atoms with Gasteiger partial charge in [-0.3, -0.25) is 9.78 Å². The Morgan fingerprint density at radius 2 is 2.22 bits per heavy atom. The summed E-state index contributed by atoms with van der Waals surface area (Å²) in [5.41, 5.74) is 0.709. The standard InChI is InChI=1S/C17H22N4O4S2/c1-12(2)9-21(14-5-7-27(23,24)11-14)15(22)10-26-17-20-19-16(25-17)13-4-3-6-18-8-13/h3-4,6,8,12,14H,5,7,9-11H2,1-2H3/t14-/m0/s1. The molecule has 1 saturated heterocycles. The zero-order chi connectivity index (χ0) is 19.4. The first kappa shape index (κ1) is 19.8. The number of carbonyl (C=O) groups excluding carboxylic acids is 1. The van der Waals surface area contributed by atoms with Crippen LogP contribution in [0.3, 0.4) is 0 Å². The van der Waals surface area contributed by atoms with Crippen LogP contribution in [-0.4, -0.2) is 64.3 Å². The predicted molar refractivity (Wildman–Crippen MR) is 102 cm³/mol. The summed E-state index contributed by atoms with van der Waals surface area (Å²) in [5, 5.41) is 8.23. The molecule has 1 fully saturated rings. The largest absolute Gasteiger partial charge is 0.411 e. The van der Waals surface area contributed by atoms with Crippen LogP contribution in [0.15, 0.2) is 34.2 Å². The molecular formula is C17H22N4O4S2. The lowest BCUT2D eigenvalue weighted by atomic mass is 10.1. The summed E-state index contributed by atoms with van der Waals surface area (Å²) in [6.07, 6.45) is 3.77. The highest BCUT2D eigenvalue weighted by Gasteiger charge is 2.34. The van der Waals surface area contributed by atoms with Crippen LogP contribution >= 0.6 is 11.8 Å². The van der Waals surface area contributed by atoms with Gasteiger partial charge in [-0.2, -0.15) is 0 Å². The molecule has 0 aliphatic carbocycles. The van der Waals surface area contributed by atoms with Crippen LogP contribution in [-0.2, 0) is 14.6 Å². The summed E-state index contributed by atoms with van der Waals surface area (Å²) in [6, 6.07) is 3.33. The van der Waals surface area contributed by atoms with Gasteiger partial charge in [-0.25, -0.2) is 8.42 Å². The van der Waals surface area contributed by atoms with E-state index in [0.29, 0.717) is 29.6 Å². The maximum Gasteiger partial charge on any atom is 0.277 e. The van der Waals surface area contributed by atoms with Crippen molar-refractivity contribution in [3.05, 3.63) is 24.5 Å². The van der Waals surface area contributed by atoms with Crippen LogP contribution in [0.25, 0.3) is 11.5 Å². The molecule has 10 heteroatoms. The molecule has 0 radical (unpaired) electrons. The molecule has 146 valence electrons.